The van der Waals surface area contributed by atoms with Gasteiger partial charge in [0, 0.05) is 13.1 Å². The zero-order chi connectivity index (χ0) is 10.0. The van der Waals surface area contributed by atoms with E-state index in [1.807, 2.05) is 11.9 Å². The van der Waals surface area contributed by atoms with E-state index in [0.29, 0.717) is 0 Å². The summed E-state index contributed by atoms with van der Waals surface area (Å²) in [5, 5.41) is 0. The Morgan fingerprint density at radius 3 is 2.14 bits per heavy atom. The van der Waals surface area contributed by atoms with Gasteiger partial charge in [-0.1, -0.05) is 31.7 Å². The van der Waals surface area contributed by atoms with Crippen LogP contribution in [0.5, 0.6) is 0 Å². The van der Waals surface area contributed by atoms with Crippen LogP contribution in [0.25, 0.3) is 0 Å². The van der Waals surface area contributed by atoms with Crippen molar-refractivity contribution in [2.45, 2.75) is 45.4 Å². The molecule has 0 N–H and O–H groups in total. The third-order valence-electron chi connectivity index (χ3n) is 4.38. The van der Waals surface area contributed by atoms with Crippen LogP contribution in [0.3, 0.4) is 0 Å². The van der Waals surface area contributed by atoms with Gasteiger partial charge in [-0.3, -0.25) is 4.31 Å². The van der Waals surface area contributed by atoms with Gasteiger partial charge < -0.3 is 0 Å². The molecule has 0 radical (unpaired) electrons. The van der Waals surface area contributed by atoms with Crippen LogP contribution in [0.1, 0.15) is 45.4 Å². The Bertz CT molecular complexity index is 175. The van der Waals surface area contributed by atoms with Gasteiger partial charge in [-0.15, -0.1) is 0 Å². The quantitative estimate of drug-likeness (QED) is 0.613. The van der Waals surface area contributed by atoms with Crippen molar-refractivity contribution in [3.8, 4) is 0 Å². The van der Waals surface area contributed by atoms with Crippen LogP contribution >= 0.6 is 11.9 Å². The minimum Gasteiger partial charge on any atom is -0.251 e. The van der Waals surface area contributed by atoms with Gasteiger partial charge in [-0.25, -0.2) is 0 Å². The van der Waals surface area contributed by atoms with Crippen LogP contribution in [0.15, 0.2) is 0 Å². The average molecular weight is 213 g/mol. The lowest BCUT2D eigenvalue weighted by Crippen LogP contribution is -2.38. The minimum atomic E-state index is 0.763. The van der Waals surface area contributed by atoms with Crippen molar-refractivity contribution in [3.63, 3.8) is 0 Å². The summed E-state index contributed by atoms with van der Waals surface area (Å²) in [4.78, 5) is 0. The third kappa shape index (κ3) is 2.27. The molecule has 14 heavy (non-hydrogen) atoms. The molecule has 0 amide bonds. The molecule has 1 nitrogen and oxygen atoms in total. The maximum absolute atomic E-state index is 2.53. The van der Waals surface area contributed by atoms with E-state index in [1.165, 1.54) is 51.6 Å². The van der Waals surface area contributed by atoms with Gasteiger partial charge in [0.15, 0.2) is 0 Å². The first kappa shape index (κ1) is 10.8. The van der Waals surface area contributed by atoms with E-state index in [2.05, 4.69) is 17.5 Å². The van der Waals surface area contributed by atoms with E-state index < -0.39 is 0 Å². The van der Waals surface area contributed by atoms with E-state index in [1.54, 1.807) is 0 Å². The monoisotopic (exact) mass is 213 g/mol. The van der Waals surface area contributed by atoms with E-state index in [0.717, 1.165) is 11.3 Å². The summed E-state index contributed by atoms with van der Waals surface area (Å²) in [6, 6.07) is 0. The molecular formula is C12H23NS. The average Bonchev–Trinajstić information content (AvgIpc) is 2.24. The number of piperidine rings is 1. The molecule has 1 heterocycles. The molecule has 2 aliphatic rings. The molecule has 1 spiro atoms. The van der Waals surface area contributed by atoms with Crippen molar-refractivity contribution in [1.29, 1.82) is 0 Å². The normalized spacial score (nSPS) is 29.6. The fraction of sp³-hybridized carbons (Fsp3) is 1.00. The maximum Gasteiger partial charge on any atom is 0.00945 e. The van der Waals surface area contributed by atoms with Gasteiger partial charge in [0.25, 0.3) is 0 Å². The fourth-order valence-electron chi connectivity index (χ4n) is 3.02. The van der Waals surface area contributed by atoms with E-state index in [-0.39, 0.29) is 0 Å². The summed E-state index contributed by atoms with van der Waals surface area (Å²) in [6.45, 7) is 5.08. The molecule has 0 atom stereocenters. The molecule has 2 rings (SSSR count). The molecule has 0 unspecified atom stereocenters. The highest BCUT2D eigenvalue weighted by Gasteiger charge is 2.36. The first-order chi connectivity index (χ1) is 6.74. The lowest BCUT2D eigenvalue weighted by atomic mass is 9.66. The Morgan fingerprint density at radius 2 is 1.64 bits per heavy atom. The topological polar surface area (TPSA) is 3.24 Å². The Hall–Kier alpha value is 0.310. The van der Waals surface area contributed by atoms with Crippen molar-refractivity contribution in [3.05, 3.63) is 0 Å². The summed E-state index contributed by atoms with van der Waals surface area (Å²) >= 11 is 1.93. The van der Waals surface area contributed by atoms with Gasteiger partial charge >= 0.3 is 0 Å². The van der Waals surface area contributed by atoms with E-state index >= 15 is 0 Å². The van der Waals surface area contributed by atoms with Crippen LogP contribution in [0, 0.1) is 11.3 Å². The molecule has 1 saturated heterocycles. The summed E-state index contributed by atoms with van der Waals surface area (Å²) in [6.07, 6.45) is 11.1. The number of nitrogens with zero attached hydrogens (tertiary/aromatic N) is 1. The zero-order valence-electron chi connectivity index (χ0n) is 9.59. The Kier molecular flexibility index (Phi) is 3.43. The second kappa shape index (κ2) is 4.44. The number of hydrogen-bond donors (Lipinski definition) is 0. The van der Waals surface area contributed by atoms with Gasteiger partial charge in [-0.2, -0.15) is 0 Å². The molecule has 1 saturated carbocycles. The standard InChI is InChI=1S/C12H23NS/c1-11-3-5-12(6-4-11)7-9-13(14-2)10-8-12/h11H,3-10H2,1-2H3. The van der Waals surface area contributed by atoms with Crippen LogP contribution in [0.4, 0.5) is 0 Å². The number of rotatable bonds is 1. The highest BCUT2D eigenvalue weighted by atomic mass is 32.2. The molecule has 0 bridgehead atoms. The van der Waals surface area contributed by atoms with E-state index in [4.69, 9.17) is 0 Å². The smallest absolute Gasteiger partial charge is 0.00945 e. The lowest BCUT2D eigenvalue weighted by Gasteiger charge is -2.45. The van der Waals surface area contributed by atoms with Crippen molar-refractivity contribution < 1.29 is 0 Å². The van der Waals surface area contributed by atoms with Crippen molar-refractivity contribution >= 4 is 11.9 Å². The summed E-state index contributed by atoms with van der Waals surface area (Å²) in [5.74, 6) is 0.999. The molecule has 0 aromatic rings. The molecule has 1 aliphatic carbocycles. The highest BCUT2D eigenvalue weighted by molar-refractivity contribution is 7.96. The van der Waals surface area contributed by atoms with Crippen LogP contribution in [-0.4, -0.2) is 23.7 Å². The van der Waals surface area contributed by atoms with Crippen molar-refractivity contribution in [2.75, 3.05) is 19.3 Å². The molecule has 0 aromatic carbocycles. The van der Waals surface area contributed by atoms with Crippen LogP contribution in [0.2, 0.25) is 0 Å². The van der Waals surface area contributed by atoms with Gasteiger partial charge in [-0.05, 0) is 43.3 Å². The molecule has 0 aromatic heterocycles. The predicted molar refractivity (Wildman–Crippen MR) is 64.4 cm³/mol. The first-order valence-corrected chi connectivity index (χ1v) is 7.21. The molecule has 82 valence electrons. The molecule has 2 heteroatoms. The Morgan fingerprint density at radius 1 is 1.07 bits per heavy atom. The van der Waals surface area contributed by atoms with Crippen molar-refractivity contribution in [2.24, 2.45) is 11.3 Å². The summed E-state index contributed by atoms with van der Waals surface area (Å²) in [5.41, 5.74) is 0.763. The third-order valence-corrected chi connectivity index (χ3v) is 5.26. The first-order valence-electron chi connectivity index (χ1n) is 6.03. The fourth-order valence-corrected chi connectivity index (χ4v) is 3.57. The van der Waals surface area contributed by atoms with Crippen LogP contribution in [-0.2, 0) is 0 Å². The van der Waals surface area contributed by atoms with Gasteiger partial charge in [0.2, 0.25) is 0 Å². The maximum atomic E-state index is 2.53. The molecule has 1 aliphatic heterocycles. The molecule has 2 fully saturated rings. The van der Waals surface area contributed by atoms with Crippen molar-refractivity contribution in [1.82, 2.24) is 4.31 Å². The predicted octanol–water partition coefficient (Wildman–Crippen LogP) is 3.56. The molecular weight excluding hydrogens is 190 g/mol. The van der Waals surface area contributed by atoms with E-state index in [9.17, 15) is 0 Å². The second-order valence-corrected chi connectivity index (χ2v) is 6.18. The van der Waals surface area contributed by atoms with Gasteiger partial charge in [0.05, 0.1) is 0 Å². The van der Waals surface area contributed by atoms with Crippen LogP contribution < -0.4 is 0 Å². The lowest BCUT2D eigenvalue weighted by molar-refractivity contribution is 0.0876. The highest BCUT2D eigenvalue weighted by Crippen LogP contribution is 2.46. The largest absolute Gasteiger partial charge is 0.251 e. The summed E-state index contributed by atoms with van der Waals surface area (Å²) < 4.78 is 2.53. The SMILES string of the molecule is CSN1CCC2(CCC(C)CC2)CC1. The zero-order valence-corrected chi connectivity index (χ0v) is 10.4. The Labute approximate surface area is 92.8 Å². The minimum absolute atomic E-state index is 0.763. The number of hydrogen-bond acceptors (Lipinski definition) is 2. The second-order valence-electron chi connectivity index (χ2n) is 5.29. The Balaban J connectivity index is 1.86. The van der Waals surface area contributed by atoms with Gasteiger partial charge in [0.1, 0.15) is 0 Å². The summed E-state index contributed by atoms with van der Waals surface area (Å²) in [7, 11) is 0.